The Morgan fingerprint density at radius 3 is 2.67 bits per heavy atom. The minimum Gasteiger partial charge on any atom is -0.755 e. The summed E-state index contributed by atoms with van der Waals surface area (Å²) in [5.74, 6) is -2.54. The molecule has 5 nitrogen and oxygen atoms in total. The summed E-state index contributed by atoms with van der Waals surface area (Å²) in [5, 5.41) is 8.33. The highest BCUT2D eigenvalue weighted by atomic mass is 35.5. The van der Waals surface area contributed by atoms with E-state index < -0.39 is 28.6 Å². The molecule has 0 radical (unpaired) electrons. The number of benzene rings is 1. The number of carboxylic acid groups (broad SMARTS) is 1. The van der Waals surface area contributed by atoms with Crippen LogP contribution in [0.3, 0.4) is 0 Å². The molecule has 8 heteroatoms. The Labute approximate surface area is 91.3 Å². The van der Waals surface area contributed by atoms with Crippen molar-refractivity contribution in [3.05, 3.63) is 28.5 Å². The number of anilines is 1. The fraction of sp³-hybridized carbons (Fsp3) is 0. The highest BCUT2D eigenvalue weighted by Gasteiger charge is 2.14. The van der Waals surface area contributed by atoms with E-state index in [1.165, 1.54) is 0 Å². The Kier molecular flexibility index (Phi) is 3.61. The van der Waals surface area contributed by atoms with Crippen LogP contribution in [0.4, 0.5) is 10.1 Å². The van der Waals surface area contributed by atoms with Gasteiger partial charge >= 0.3 is 5.97 Å². The van der Waals surface area contributed by atoms with Crippen molar-refractivity contribution in [3.8, 4) is 0 Å². The average molecular weight is 253 g/mol. The molecule has 1 unspecified atom stereocenters. The van der Waals surface area contributed by atoms with Gasteiger partial charge in [-0.3, -0.25) is 4.21 Å². The molecule has 0 saturated heterocycles. The van der Waals surface area contributed by atoms with Crippen molar-refractivity contribution < 1.29 is 23.1 Å². The first-order valence-electron chi connectivity index (χ1n) is 3.50. The van der Waals surface area contributed by atoms with E-state index in [-0.39, 0.29) is 10.7 Å². The average Bonchev–Trinajstić information content (AvgIpc) is 2.08. The van der Waals surface area contributed by atoms with Crippen LogP contribution < -0.4 is 4.72 Å². The summed E-state index contributed by atoms with van der Waals surface area (Å²) in [6.45, 7) is 0. The molecule has 1 atom stereocenters. The van der Waals surface area contributed by atoms with Crippen LogP contribution in [0.15, 0.2) is 12.1 Å². The fourth-order valence-corrected chi connectivity index (χ4v) is 1.48. The molecule has 0 saturated carbocycles. The van der Waals surface area contributed by atoms with E-state index in [1.807, 2.05) is 4.72 Å². The molecule has 0 bridgehead atoms. The van der Waals surface area contributed by atoms with E-state index in [2.05, 4.69) is 0 Å². The van der Waals surface area contributed by atoms with Crippen molar-refractivity contribution in [3.63, 3.8) is 0 Å². The predicted octanol–water partition coefficient (Wildman–Crippen LogP) is 1.38. The number of nitrogens with one attached hydrogen (secondary N) is 1. The first kappa shape index (κ1) is 11.9. The minimum atomic E-state index is -2.65. The monoisotopic (exact) mass is 252 g/mol. The van der Waals surface area contributed by atoms with Crippen molar-refractivity contribution in [1.82, 2.24) is 0 Å². The summed E-state index contributed by atoms with van der Waals surface area (Å²) in [6.07, 6.45) is 0. The Hall–Kier alpha value is -1.18. The number of hydrogen-bond acceptors (Lipinski definition) is 3. The zero-order valence-corrected chi connectivity index (χ0v) is 8.56. The van der Waals surface area contributed by atoms with Gasteiger partial charge in [-0.05, 0) is 12.1 Å². The molecule has 15 heavy (non-hydrogen) atoms. The van der Waals surface area contributed by atoms with Crippen molar-refractivity contribution >= 4 is 34.5 Å². The molecule has 0 heterocycles. The second-order valence-corrected chi connectivity index (χ2v) is 3.53. The first-order chi connectivity index (χ1) is 6.91. The van der Waals surface area contributed by atoms with Crippen LogP contribution in [0.5, 0.6) is 0 Å². The second kappa shape index (κ2) is 4.56. The second-order valence-electron chi connectivity index (χ2n) is 2.45. The van der Waals surface area contributed by atoms with Gasteiger partial charge < -0.3 is 14.4 Å². The SMILES string of the molecule is O=C(O)c1cc(NS(=O)[O-])c(Cl)cc1F. The van der Waals surface area contributed by atoms with E-state index in [9.17, 15) is 17.9 Å². The molecule has 1 aromatic rings. The quantitative estimate of drug-likeness (QED) is 0.796. The minimum absolute atomic E-state index is 0.191. The normalized spacial score (nSPS) is 12.2. The molecule has 0 amide bonds. The van der Waals surface area contributed by atoms with Gasteiger partial charge in [0.2, 0.25) is 0 Å². The third-order valence-corrected chi connectivity index (χ3v) is 2.18. The smallest absolute Gasteiger partial charge is 0.338 e. The number of aromatic carboxylic acids is 1. The van der Waals surface area contributed by atoms with Crippen molar-refractivity contribution in [2.24, 2.45) is 0 Å². The lowest BCUT2D eigenvalue weighted by molar-refractivity contribution is 0.0692. The summed E-state index contributed by atoms with van der Waals surface area (Å²) in [6, 6.07) is 1.52. The van der Waals surface area contributed by atoms with Gasteiger partial charge in [0.15, 0.2) is 0 Å². The molecule has 82 valence electrons. The van der Waals surface area contributed by atoms with Crippen LogP contribution in [-0.4, -0.2) is 19.8 Å². The molecule has 0 aromatic heterocycles. The summed E-state index contributed by atoms with van der Waals surface area (Å²) >= 11 is 2.83. The molecule has 2 N–H and O–H groups in total. The van der Waals surface area contributed by atoms with Gasteiger partial charge in [-0.2, -0.15) is 0 Å². The van der Waals surface area contributed by atoms with Crippen LogP contribution in [0.2, 0.25) is 5.02 Å². The Morgan fingerprint density at radius 1 is 1.60 bits per heavy atom. The third kappa shape index (κ3) is 2.88. The zero-order chi connectivity index (χ0) is 11.6. The molecule has 0 spiro atoms. The van der Waals surface area contributed by atoms with Crippen molar-refractivity contribution in [2.45, 2.75) is 0 Å². The molecule has 0 aliphatic rings. The van der Waals surface area contributed by atoms with Gasteiger partial charge in [-0.15, -0.1) is 0 Å². The van der Waals surface area contributed by atoms with Gasteiger partial charge in [0.25, 0.3) is 0 Å². The lowest BCUT2D eigenvalue weighted by atomic mass is 10.2. The summed E-state index contributed by atoms with van der Waals surface area (Å²) < 4.78 is 35.4. The lowest BCUT2D eigenvalue weighted by Gasteiger charge is -2.11. The van der Waals surface area contributed by atoms with Crippen LogP contribution >= 0.6 is 11.6 Å². The Morgan fingerprint density at radius 2 is 2.20 bits per heavy atom. The maximum atomic E-state index is 13.0. The maximum Gasteiger partial charge on any atom is 0.338 e. The van der Waals surface area contributed by atoms with E-state index >= 15 is 0 Å². The largest absolute Gasteiger partial charge is 0.755 e. The van der Waals surface area contributed by atoms with Crippen LogP contribution in [0, 0.1) is 5.82 Å². The molecular weight excluding hydrogens is 249 g/mol. The van der Waals surface area contributed by atoms with E-state index in [4.69, 9.17) is 16.7 Å². The maximum absolute atomic E-state index is 13.0. The molecular formula is C7H4ClFNO4S-. The predicted molar refractivity (Wildman–Crippen MR) is 50.9 cm³/mol. The third-order valence-electron chi connectivity index (χ3n) is 1.48. The number of rotatable bonds is 3. The molecule has 1 rings (SSSR count). The topological polar surface area (TPSA) is 89.5 Å². The van der Waals surface area contributed by atoms with Gasteiger partial charge in [0.1, 0.15) is 5.82 Å². The van der Waals surface area contributed by atoms with Gasteiger partial charge in [-0.25, -0.2) is 9.18 Å². The molecule has 0 aliphatic carbocycles. The van der Waals surface area contributed by atoms with Gasteiger partial charge in [-0.1, -0.05) is 11.6 Å². The summed E-state index contributed by atoms with van der Waals surface area (Å²) in [4.78, 5) is 10.5. The van der Waals surface area contributed by atoms with E-state index in [1.54, 1.807) is 0 Å². The van der Waals surface area contributed by atoms with Gasteiger partial charge in [0, 0.05) is 11.3 Å². The zero-order valence-electron chi connectivity index (χ0n) is 6.99. The highest BCUT2D eigenvalue weighted by molar-refractivity contribution is 7.80. The van der Waals surface area contributed by atoms with Crippen LogP contribution in [0.1, 0.15) is 10.4 Å². The number of halogens is 2. The Balaban J connectivity index is 3.23. The first-order valence-corrected chi connectivity index (χ1v) is 4.95. The van der Waals surface area contributed by atoms with Crippen molar-refractivity contribution in [1.29, 1.82) is 0 Å². The standard InChI is InChI=1S/C7H5ClFNO4S/c8-4-2-5(9)3(7(11)12)1-6(4)10-15(13)14/h1-2,10H,(H,11,12)(H,13,14)/p-1. The molecule has 0 fully saturated rings. The Bertz CT molecular complexity index is 439. The number of carbonyl (C=O) groups is 1. The van der Waals surface area contributed by atoms with Crippen LogP contribution in [-0.2, 0) is 11.3 Å². The summed E-state index contributed by atoms with van der Waals surface area (Å²) in [7, 11) is 0. The van der Waals surface area contributed by atoms with Crippen molar-refractivity contribution in [2.75, 3.05) is 4.72 Å². The number of hydrogen-bond donors (Lipinski definition) is 2. The number of carboxylic acids is 1. The van der Waals surface area contributed by atoms with E-state index in [0.717, 1.165) is 12.1 Å². The molecule has 0 aliphatic heterocycles. The van der Waals surface area contributed by atoms with E-state index in [0.29, 0.717) is 0 Å². The summed E-state index contributed by atoms with van der Waals surface area (Å²) in [5.41, 5.74) is -0.851. The van der Waals surface area contributed by atoms with Gasteiger partial charge in [0.05, 0.1) is 16.3 Å². The fourth-order valence-electron chi connectivity index (χ4n) is 0.881. The van der Waals surface area contributed by atoms with Crippen LogP contribution in [0.25, 0.3) is 0 Å². The molecule has 1 aromatic carbocycles. The lowest BCUT2D eigenvalue weighted by Crippen LogP contribution is -2.06. The highest BCUT2D eigenvalue weighted by Crippen LogP contribution is 2.25.